The van der Waals surface area contributed by atoms with Gasteiger partial charge in [0.15, 0.2) is 0 Å². The summed E-state index contributed by atoms with van der Waals surface area (Å²) in [5.41, 5.74) is 9.48. The molecule has 0 aromatic heterocycles. The minimum absolute atomic E-state index is 0.0939. The first-order valence-corrected chi connectivity index (χ1v) is 15.0. The third-order valence-electron chi connectivity index (χ3n) is 5.52. The van der Waals surface area contributed by atoms with Crippen molar-refractivity contribution in [2.75, 3.05) is 31.2 Å². The Balaban J connectivity index is 2.53. The molecule has 0 saturated heterocycles. The van der Waals surface area contributed by atoms with Gasteiger partial charge in [-0.05, 0) is 46.4 Å². The van der Waals surface area contributed by atoms with Crippen molar-refractivity contribution in [3.63, 3.8) is 0 Å². The molecule has 0 atom stereocenters. The van der Waals surface area contributed by atoms with Crippen LogP contribution in [-0.4, -0.2) is 31.2 Å². The van der Waals surface area contributed by atoms with E-state index in [-0.39, 0.29) is 15.8 Å². The molecule has 0 bridgehead atoms. The molecule has 2 N–H and O–H groups in total. The van der Waals surface area contributed by atoms with Crippen LogP contribution in [0.5, 0.6) is 0 Å². The first kappa shape index (κ1) is 24.5. The minimum Gasteiger partial charge on any atom is -0.330 e. The Bertz CT molecular complexity index is 644. The van der Waals surface area contributed by atoms with Gasteiger partial charge in [0.1, 0.15) is 0 Å². The van der Waals surface area contributed by atoms with Gasteiger partial charge in [-0.2, -0.15) is 0 Å². The van der Waals surface area contributed by atoms with E-state index in [0.717, 1.165) is 0 Å². The van der Waals surface area contributed by atoms with Crippen molar-refractivity contribution in [3.05, 3.63) is 59.7 Å². The van der Waals surface area contributed by atoms with Crippen molar-refractivity contribution in [3.8, 4) is 0 Å². The largest absolute Gasteiger partial charge is 0.330 e. The second-order valence-corrected chi connectivity index (χ2v) is 12.8. The highest BCUT2D eigenvalue weighted by molar-refractivity contribution is 7.66. The lowest BCUT2D eigenvalue weighted by atomic mass is 9.91. The molecule has 1 nitrogen and oxygen atoms in total. The Morgan fingerprint density at radius 1 is 0.621 bits per heavy atom. The minimum atomic E-state index is -0.0939. The monoisotopic (exact) mass is 429 g/mol. The number of hydrogen-bond acceptors (Lipinski definition) is 1. The van der Waals surface area contributed by atoms with Crippen LogP contribution in [0.4, 0.5) is 0 Å². The zero-order valence-electron chi connectivity index (χ0n) is 19.0. The number of benzene rings is 2. The molecule has 0 unspecified atom stereocenters. The maximum atomic E-state index is 6.49. The lowest BCUT2D eigenvalue weighted by Crippen LogP contribution is -2.26. The van der Waals surface area contributed by atoms with Crippen molar-refractivity contribution in [2.24, 2.45) is 5.73 Å². The van der Waals surface area contributed by atoms with Gasteiger partial charge < -0.3 is 5.73 Å². The number of rotatable bonds is 13. The molecule has 2 aromatic carbocycles. The molecule has 0 saturated carbocycles. The van der Waals surface area contributed by atoms with Crippen molar-refractivity contribution < 1.29 is 0 Å². The molecular weight excluding hydrogens is 388 g/mol. The van der Waals surface area contributed by atoms with Crippen molar-refractivity contribution in [2.45, 2.75) is 59.3 Å². The van der Waals surface area contributed by atoms with E-state index in [1.54, 1.807) is 10.6 Å². The van der Waals surface area contributed by atoms with Crippen molar-refractivity contribution in [1.29, 1.82) is 0 Å². The van der Waals surface area contributed by atoms with Crippen LogP contribution in [0, 0.1) is 0 Å². The maximum absolute atomic E-state index is 6.49. The summed E-state index contributed by atoms with van der Waals surface area (Å²) in [5.74, 6) is 0.319. The lowest BCUT2D eigenvalue weighted by Gasteiger charge is -2.28. The molecule has 160 valence electrons. The molecule has 0 aliphatic heterocycles. The SMILES string of the molecule is CCCP(CCC)c1ccccc1C(CN)c1ccccc1P(CCC)CCC. The fraction of sp³-hybridized carbons (Fsp3) is 0.538. The highest BCUT2D eigenvalue weighted by Gasteiger charge is 2.24. The molecule has 0 aliphatic carbocycles. The highest BCUT2D eigenvalue weighted by atomic mass is 31.1. The van der Waals surface area contributed by atoms with E-state index in [0.29, 0.717) is 12.5 Å². The smallest absolute Gasteiger partial charge is 0.0225 e. The summed E-state index contributed by atoms with van der Waals surface area (Å²) in [6.07, 6.45) is 10.4. The van der Waals surface area contributed by atoms with Crippen LogP contribution in [0.1, 0.15) is 70.4 Å². The molecule has 0 radical (unpaired) electrons. The van der Waals surface area contributed by atoms with Gasteiger partial charge in [0.25, 0.3) is 0 Å². The zero-order chi connectivity index (χ0) is 21.1. The van der Waals surface area contributed by atoms with E-state index in [1.165, 1.54) is 61.5 Å². The fourth-order valence-electron chi connectivity index (χ4n) is 4.35. The van der Waals surface area contributed by atoms with Crippen LogP contribution in [-0.2, 0) is 0 Å². The maximum Gasteiger partial charge on any atom is 0.0225 e. The van der Waals surface area contributed by atoms with Crippen LogP contribution >= 0.6 is 15.8 Å². The quantitative estimate of drug-likeness (QED) is 0.355. The van der Waals surface area contributed by atoms with Gasteiger partial charge in [-0.25, -0.2) is 0 Å². The molecule has 29 heavy (non-hydrogen) atoms. The van der Waals surface area contributed by atoms with Crippen LogP contribution in [0.15, 0.2) is 48.5 Å². The molecule has 0 spiro atoms. The third-order valence-corrected chi connectivity index (χ3v) is 11.6. The average Bonchev–Trinajstić information content (AvgIpc) is 2.75. The molecule has 3 heteroatoms. The van der Waals surface area contributed by atoms with E-state index >= 15 is 0 Å². The summed E-state index contributed by atoms with van der Waals surface area (Å²) < 4.78 is 0. The molecule has 2 aromatic rings. The van der Waals surface area contributed by atoms with Crippen molar-refractivity contribution >= 4 is 26.5 Å². The summed E-state index contributed by atoms with van der Waals surface area (Å²) in [6, 6.07) is 18.4. The first-order chi connectivity index (χ1) is 14.2. The van der Waals surface area contributed by atoms with Gasteiger partial charge in [0, 0.05) is 12.5 Å². The van der Waals surface area contributed by atoms with Crippen molar-refractivity contribution in [1.82, 2.24) is 0 Å². The van der Waals surface area contributed by atoms with E-state index in [9.17, 15) is 0 Å². The molecule has 0 amide bonds. The summed E-state index contributed by atoms with van der Waals surface area (Å²) in [6.45, 7) is 9.99. The van der Waals surface area contributed by atoms with Gasteiger partial charge in [-0.1, -0.05) is 118 Å². The third kappa shape index (κ3) is 6.62. The Labute approximate surface area is 182 Å². The Kier molecular flexibility index (Phi) is 11.5. The lowest BCUT2D eigenvalue weighted by molar-refractivity contribution is 0.828. The molecule has 2 rings (SSSR count). The molecule has 0 heterocycles. The van der Waals surface area contributed by atoms with Crippen LogP contribution in [0.2, 0.25) is 0 Å². The number of hydrogen-bond donors (Lipinski definition) is 1. The topological polar surface area (TPSA) is 26.0 Å². The Hall–Kier alpha value is -0.740. The van der Waals surface area contributed by atoms with E-state index < -0.39 is 0 Å². The van der Waals surface area contributed by atoms with Crippen LogP contribution in [0.3, 0.4) is 0 Å². The van der Waals surface area contributed by atoms with E-state index in [1.807, 2.05) is 0 Å². The van der Waals surface area contributed by atoms with Crippen LogP contribution in [0.25, 0.3) is 0 Å². The van der Waals surface area contributed by atoms with E-state index in [4.69, 9.17) is 5.73 Å². The Morgan fingerprint density at radius 3 is 1.28 bits per heavy atom. The zero-order valence-corrected chi connectivity index (χ0v) is 20.8. The normalized spacial score (nSPS) is 11.7. The summed E-state index contributed by atoms with van der Waals surface area (Å²) in [7, 11) is -0.188. The molecule has 0 fully saturated rings. The fourth-order valence-corrected chi connectivity index (χ4v) is 9.70. The van der Waals surface area contributed by atoms with Gasteiger partial charge in [-0.15, -0.1) is 0 Å². The average molecular weight is 430 g/mol. The second kappa shape index (κ2) is 13.5. The van der Waals surface area contributed by atoms with Gasteiger partial charge in [0.2, 0.25) is 0 Å². The predicted octanol–water partition coefficient (Wildman–Crippen LogP) is 6.63. The van der Waals surface area contributed by atoms with E-state index in [2.05, 4.69) is 76.2 Å². The standard InChI is InChI=1S/C26H41NP2/c1-5-17-28(18-6-2)25-15-11-9-13-22(25)24(21-27)23-14-10-12-16-26(23)29(19-7-3)20-8-4/h9-16,24H,5-8,17-21,27H2,1-4H3. The molecular formula is C26H41NP2. The van der Waals surface area contributed by atoms with Gasteiger partial charge in [0.05, 0.1) is 0 Å². The van der Waals surface area contributed by atoms with Gasteiger partial charge in [-0.3, -0.25) is 0 Å². The first-order valence-electron chi connectivity index (χ1n) is 11.6. The molecule has 0 aliphatic rings. The summed E-state index contributed by atoms with van der Waals surface area (Å²) in [4.78, 5) is 0. The van der Waals surface area contributed by atoms with Gasteiger partial charge >= 0.3 is 0 Å². The summed E-state index contributed by atoms with van der Waals surface area (Å²) in [5, 5.41) is 3.21. The summed E-state index contributed by atoms with van der Waals surface area (Å²) >= 11 is 0. The predicted molar refractivity (Wildman–Crippen MR) is 138 cm³/mol. The number of nitrogens with two attached hydrogens (primary N) is 1. The second-order valence-electron chi connectivity index (χ2n) is 7.88. The highest BCUT2D eigenvalue weighted by Crippen LogP contribution is 2.42. The Morgan fingerprint density at radius 2 is 0.966 bits per heavy atom. The van der Waals surface area contributed by atoms with Crippen LogP contribution < -0.4 is 16.3 Å².